The predicted octanol–water partition coefficient (Wildman–Crippen LogP) is 6.04. The zero-order valence-corrected chi connectivity index (χ0v) is 16.3. The fraction of sp³-hybridized carbons (Fsp3) is 0.455. The molecule has 0 N–H and O–H groups in total. The minimum Gasteiger partial charge on any atom is -0.0654 e. The Morgan fingerprint density at radius 3 is 1.91 bits per heavy atom. The first-order chi connectivity index (χ1) is 11.3. The average molecular weight is 325 g/mol. The molecule has 0 spiro atoms. The standard InChI is InChI=1S/C22H32Si/c1-3-4-16-23-17-15-19(2)18-22(20-11-7-5-8-12-20)21-13-9-6-10-14-21/h5-14,19,22H,3-4,15-18,23H2,1-2H3. The van der Waals surface area contributed by atoms with E-state index < -0.39 is 0 Å². The topological polar surface area (TPSA) is 0 Å². The highest BCUT2D eigenvalue weighted by Gasteiger charge is 2.17. The summed E-state index contributed by atoms with van der Waals surface area (Å²) < 4.78 is 0. The lowest BCUT2D eigenvalue weighted by atomic mass is 9.83. The molecular weight excluding hydrogens is 292 g/mol. The van der Waals surface area contributed by atoms with Crippen molar-refractivity contribution < 1.29 is 0 Å². The molecule has 2 rings (SSSR count). The van der Waals surface area contributed by atoms with E-state index in [1.165, 1.54) is 42.9 Å². The highest BCUT2D eigenvalue weighted by molar-refractivity contribution is 6.35. The van der Waals surface area contributed by atoms with Crippen molar-refractivity contribution in [3.8, 4) is 0 Å². The molecule has 0 aromatic heterocycles. The van der Waals surface area contributed by atoms with Crippen molar-refractivity contribution in [1.29, 1.82) is 0 Å². The van der Waals surface area contributed by atoms with Gasteiger partial charge in [0, 0.05) is 15.4 Å². The van der Waals surface area contributed by atoms with Crippen LogP contribution in [0.25, 0.3) is 0 Å². The first-order valence-corrected chi connectivity index (χ1v) is 11.4. The summed E-state index contributed by atoms with van der Waals surface area (Å²) in [7, 11) is 0.198. The quantitative estimate of drug-likeness (QED) is 0.369. The third-order valence-corrected chi connectivity index (χ3v) is 6.75. The Labute approximate surface area is 145 Å². The summed E-state index contributed by atoms with van der Waals surface area (Å²) in [5, 5.41) is 0. The van der Waals surface area contributed by atoms with Crippen LogP contribution in [-0.4, -0.2) is 9.52 Å². The van der Waals surface area contributed by atoms with Gasteiger partial charge in [-0.1, -0.05) is 106 Å². The van der Waals surface area contributed by atoms with Gasteiger partial charge in [0.2, 0.25) is 0 Å². The van der Waals surface area contributed by atoms with Crippen LogP contribution in [0.4, 0.5) is 0 Å². The zero-order chi connectivity index (χ0) is 16.3. The van der Waals surface area contributed by atoms with Crippen molar-refractivity contribution in [2.45, 2.75) is 57.5 Å². The third kappa shape index (κ3) is 6.35. The summed E-state index contributed by atoms with van der Waals surface area (Å²) >= 11 is 0. The van der Waals surface area contributed by atoms with Crippen molar-refractivity contribution in [3.63, 3.8) is 0 Å². The van der Waals surface area contributed by atoms with Gasteiger partial charge < -0.3 is 0 Å². The molecule has 23 heavy (non-hydrogen) atoms. The van der Waals surface area contributed by atoms with E-state index in [0.29, 0.717) is 5.92 Å². The van der Waals surface area contributed by atoms with Gasteiger partial charge in [0.05, 0.1) is 0 Å². The second-order valence-electron chi connectivity index (χ2n) is 6.92. The molecule has 0 aliphatic carbocycles. The minimum absolute atomic E-state index is 0.198. The van der Waals surface area contributed by atoms with Gasteiger partial charge in [-0.3, -0.25) is 0 Å². The van der Waals surface area contributed by atoms with Crippen LogP contribution in [0.5, 0.6) is 0 Å². The highest BCUT2D eigenvalue weighted by atomic mass is 28.2. The van der Waals surface area contributed by atoms with Crippen LogP contribution in [0, 0.1) is 5.92 Å². The lowest BCUT2D eigenvalue weighted by Gasteiger charge is -2.22. The van der Waals surface area contributed by atoms with Crippen molar-refractivity contribution >= 4 is 9.52 Å². The Bertz CT molecular complexity index is 481. The molecule has 1 heteroatoms. The van der Waals surface area contributed by atoms with E-state index in [4.69, 9.17) is 0 Å². The van der Waals surface area contributed by atoms with E-state index in [2.05, 4.69) is 74.5 Å². The monoisotopic (exact) mass is 324 g/mol. The molecule has 0 nitrogen and oxygen atoms in total. The molecule has 0 fully saturated rings. The van der Waals surface area contributed by atoms with Gasteiger partial charge in [0.15, 0.2) is 0 Å². The van der Waals surface area contributed by atoms with Crippen LogP contribution in [0.2, 0.25) is 12.1 Å². The van der Waals surface area contributed by atoms with Gasteiger partial charge in [-0.2, -0.15) is 0 Å². The zero-order valence-electron chi connectivity index (χ0n) is 14.9. The molecule has 0 aliphatic heterocycles. The van der Waals surface area contributed by atoms with E-state index in [9.17, 15) is 0 Å². The Hall–Kier alpha value is -1.34. The summed E-state index contributed by atoms with van der Waals surface area (Å²) in [6, 6.07) is 25.2. The number of hydrogen-bond acceptors (Lipinski definition) is 0. The molecule has 124 valence electrons. The molecule has 2 aromatic carbocycles. The van der Waals surface area contributed by atoms with Crippen LogP contribution < -0.4 is 0 Å². The van der Waals surface area contributed by atoms with E-state index in [-0.39, 0.29) is 9.52 Å². The Kier molecular flexibility index (Phi) is 8.17. The van der Waals surface area contributed by atoms with Gasteiger partial charge in [-0.05, 0) is 23.5 Å². The van der Waals surface area contributed by atoms with Gasteiger partial charge in [-0.25, -0.2) is 0 Å². The van der Waals surface area contributed by atoms with Crippen molar-refractivity contribution in [3.05, 3.63) is 71.8 Å². The maximum Gasteiger partial charge on any atom is 0.0198 e. The first-order valence-electron chi connectivity index (χ1n) is 9.41. The summed E-state index contributed by atoms with van der Waals surface area (Å²) in [6.07, 6.45) is 5.52. The largest absolute Gasteiger partial charge is 0.0654 e. The SMILES string of the molecule is CCCC[SiH2]CCC(C)CC(c1ccccc1)c1ccccc1. The number of unbranched alkanes of at least 4 members (excludes halogenated alkanes) is 1. The van der Waals surface area contributed by atoms with Gasteiger partial charge in [0.25, 0.3) is 0 Å². The Morgan fingerprint density at radius 1 is 0.826 bits per heavy atom. The molecule has 0 saturated carbocycles. The predicted molar refractivity (Wildman–Crippen MR) is 106 cm³/mol. The van der Waals surface area contributed by atoms with Crippen LogP contribution >= 0.6 is 0 Å². The third-order valence-electron chi connectivity index (χ3n) is 4.84. The molecule has 0 amide bonds. The Balaban J connectivity index is 1.96. The number of hydrogen-bond donors (Lipinski definition) is 0. The van der Waals surface area contributed by atoms with Crippen molar-refractivity contribution in [2.24, 2.45) is 5.92 Å². The fourth-order valence-corrected chi connectivity index (χ4v) is 5.64. The molecule has 0 saturated heterocycles. The van der Waals surface area contributed by atoms with Gasteiger partial charge in [0.1, 0.15) is 0 Å². The molecule has 1 atom stereocenters. The lowest BCUT2D eigenvalue weighted by Crippen LogP contribution is -2.08. The van der Waals surface area contributed by atoms with E-state index >= 15 is 0 Å². The summed E-state index contributed by atoms with van der Waals surface area (Å²) in [5.41, 5.74) is 2.93. The highest BCUT2D eigenvalue weighted by Crippen LogP contribution is 2.32. The maximum atomic E-state index is 2.45. The smallest absolute Gasteiger partial charge is 0.0198 e. The van der Waals surface area contributed by atoms with Gasteiger partial charge in [-0.15, -0.1) is 0 Å². The van der Waals surface area contributed by atoms with Crippen molar-refractivity contribution in [1.82, 2.24) is 0 Å². The molecule has 0 radical (unpaired) electrons. The summed E-state index contributed by atoms with van der Waals surface area (Å²) in [6.45, 7) is 4.76. The molecule has 2 aromatic rings. The van der Waals surface area contributed by atoms with Crippen LogP contribution in [0.3, 0.4) is 0 Å². The molecule has 1 unspecified atom stereocenters. The maximum absolute atomic E-state index is 2.45. The molecule has 0 aliphatic rings. The number of benzene rings is 2. The van der Waals surface area contributed by atoms with E-state index in [0.717, 1.165) is 5.92 Å². The molecule has 0 heterocycles. The molecular formula is C22H32Si. The minimum atomic E-state index is 0.198. The van der Waals surface area contributed by atoms with Crippen LogP contribution in [0.1, 0.15) is 56.6 Å². The van der Waals surface area contributed by atoms with Crippen LogP contribution in [0.15, 0.2) is 60.7 Å². The second kappa shape index (κ2) is 10.4. The lowest BCUT2D eigenvalue weighted by molar-refractivity contribution is 0.483. The Morgan fingerprint density at radius 2 is 1.39 bits per heavy atom. The summed E-state index contributed by atoms with van der Waals surface area (Å²) in [5.74, 6) is 1.36. The van der Waals surface area contributed by atoms with E-state index in [1.54, 1.807) is 6.04 Å². The van der Waals surface area contributed by atoms with Gasteiger partial charge >= 0.3 is 0 Å². The summed E-state index contributed by atoms with van der Waals surface area (Å²) in [4.78, 5) is 0. The number of rotatable bonds is 10. The second-order valence-corrected chi connectivity index (χ2v) is 9.04. The van der Waals surface area contributed by atoms with Crippen LogP contribution in [-0.2, 0) is 0 Å². The van der Waals surface area contributed by atoms with Crippen molar-refractivity contribution in [2.75, 3.05) is 0 Å². The fourth-order valence-electron chi connectivity index (χ4n) is 3.45. The molecule has 0 bridgehead atoms. The normalized spacial score (nSPS) is 13.0. The van der Waals surface area contributed by atoms with E-state index in [1.807, 2.05) is 0 Å². The average Bonchev–Trinajstić information content (AvgIpc) is 2.61. The first kappa shape index (κ1) is 18.0.